The summed E-state index contributed by atoms with van der Waals surface area (Å²) in [4.78, 5) is 24.9. The molecule has 2 aliphatic heterocycles. The van der Waals surface area contributed by atoms with Crippen molar-refractivity contribution >= 4 is 42.8 Å². The predicted octanol–water partition coefficient (Wildman–Crippen LogP) is 4.83. The molecule has 2 saturated carbocycles. The minimum absolute atomic E-state index is 0.0249. The number of alkyl halides is 1. The van der Waals surface area contributed by atoms with Gasteiger partial charge in [-0.1, -0.05) is 24.3 Å². The Morgan fingerprint density at radius 3 is 1.28 bits per heavy atom. The standard InChI is InChI=1S/C18H21FO5S.C18H22O6S/c2*1-17(2)14(12-4-6-13(7-5-12)25(3,21)22)15(16(20)24-17)23-11-18(10-19)8-9-18/h4-7H,8-11H2,1-3H3;4-7,19H,8-11H2,1-3H3. The molecule has 1 N–H and O–H groups in total. The number of benzene rings is 2. The first-order valence-corrected chi connectivity index (χ1v) is 19.9. The summed E-state index contributed by atoms with van der Waals surface area (Å²) >= 11 is 0. The fraction of sp³-hybridized carbons (Fsp3) is 0.500. The minimum atomic E-state index is -3.31. The van der Waals surface area contributed by atoms with Gasteiger partial charge in [0.2, 0.25) is 11.5 Å². The van der Waals surface area contributed by atoms with Gasteiger partial charge in [-0.15, -0.1) is 0 Å². The van der Waals surface area contributed by atoms with Crippen LogP contribution in [0.4, 0.5) is 4.39 Å². The Hall–Kier alpha value is -3.75. The number of hydrogen-bond donors (Lipinski definition) is 1. The van der Waals surface area contributed by atoms with E-state index in [9.17, 15) is 35.9 Å². The highest BCUT2D eigenvalue weighted by Crippen LogP contribution is 2.49. The van der Waals surface area contributed by atoms with Crippen LogP contribution in [0.3, 0.4) is 0 Å². The van der Waals surface area contributed by atoms with Gasteiger partial charge in [0.1, 0.15) is 11.2 Å². The fourth-order valence-corrected chi connectivity index (χ4v) is 7.10. The molecular formula is C36H43FO11S2. The first-order chi connectivity index (χ1) is 23.2. The van der Waals surface area contributed by atoms with Crippen LogP contribution in [0.5, 0.6) is 0 Å². The van der Waals surface area contributed by atoms with Crippen LogP contribution in [0, 0.1) is 10.8 Å². The van der Waals surface area contributed by atoms with Crippen molar-refractivity contribution < 1.29 is 54.9 Å². The summed E-state index contributed by atoms with van der Waals surface area (Å²) in [6.45, 7) is 6.95. The van der Waals surface area contributed by atoms with E-state index in [1.165, 1.54) is 24.3 Å². The molecular weight excluding hydrogens is 692 g/mol. The molecule has 50 heavy (non-hydrogen) atoms. The number of sulfone groups is 2. The largest absolute Gasteiger partial charge is 0.486 e. The number of carbonyl (C=O) groups excluding carboxylic acids is 2. The summed E-state index contributed by atoms with van der Waals surface area (Å²) in [5.74, 6) is -0.906. The van der Waals surface area contributed by atoms with Gasteiger partial charge in [-0.05, 0) is 88.8 Å². The fourth-order valence-electron chi connectivity index (χ4n) is 5.84. The van der Waals surface area contributed by atoms with Gasteiger partial charge in [0, 0.05) is 23.3 Å². The van der Waals surface area contributed by atoms with Crippen LogP contribution in [0.1, 0.15) is 64.5 Å². The molecule has 0 radical (unpaired) electrons. The number of rotatable bonds is 12. The summed E-state index contributed by atoms with van der Waals surface area (Å²) < 4.78 is 81.8. The molecule has 0 bridgehead atoms. The lowest BCUT2D eigenvalue weighted by Gasteiger charge is -2.21. The first-order valence-electron chi connectivity index (χ1n) is 16.2. The number of halogens is 1. The second-order valence-corrected chi connectivity index (χ2v) is 18.7. The van der Waals surface area contributed by atoms with E-state index < -0.39 is 54.9 Å². The second kappa shape index (κ2) is 13.1. The highest BCUT2D eigenvalue weighted by molar-refractivity contribution is 7.91. The normalized spacial score (nSPS) is 21.2. The molecule has 2 aromatic carbocycles. The molecule has 2 aromatic rings. The summed E-state index contributed by atoms with van der Waals surface area (Å²) in [6, 6.07) is 12.5. The molecule has 0 atom stereocenters. The molecule has 272 valence electrons. The van der Waals surface area contributed by atoms with E-state index in [0.29, 0.717) is 22.3 Å². The van der Waals surface area contributed by atoms with Gasteiger partial charge in [0.25, 0.3) is 0 Å². The van der Waals surface area contributed by atoms with E-state index in [4.69, 9.17) is 18.9 Å². The average Bonchev–Trinajstić information content (AvgIpc) is 3.95. The van der Waals surface area contributed by atoms with E-state index in [0.717, 1.165) is 38.2 Å². The van der Waals surface area contributed by atoms with Crippen molar-refractivity contribution in [3.63, 3.8) is 0 Å². The molecule has 0 spiro atoms. The monoisotopic (exact) mass is 734 g/mol. The Morgan fingerprint density at radius 2 is 1.00 bits per heavy atom. The highest BCUT2D eigenvalue weighted by atomic mass is 32.2. The molecule has 0 amide bonds. The molecule has 4 aliphatic rings. The van der Waals surface area contributed by atoms with Gasteiger partial charge >= 0.3 is 11.9 Å². The molecule has 2 aliphatic carbocycles. The Balaban J connectivity index is 0.000000194. The number of carbonyl (C=O) groups is 2. The quantitative estimate of drug-likeness (QED) is 0.298. The molecule has 0 aromatic heterocycles. The summed E-state index contributed by atoms with van der Waals surface area (Å²) in [5.41, 5.74) is -0.0781. The van der Waals surface area contributed by atoms with Crippen LogP contribution in [-0.4, -0.2) is 84.1 Å². The van der Waals surface area contributed by atoms with Crippen molar-refractivity contribution in [3.8, 4) is 0 Å². The van der Waals surface area contributed by atoms with Gasteiger partial charge in [-0.3, -0.25) is 4.39 Å². The van der Waals surface area contributed by atoms with Gasteiger partial charge in [-0.2, -0.15) is 0 Å². The Labute approximate surface area is 292 Å². The van der Waals surface area contributed by atoms with Crippen molar-refractivity contribution in [3.05, 3.63) is 71.2 Å². The molecule has 2 heterocycles. The number of ether oxygens (including phenoxy) is 4. The number of cyclic esters (lactones) is 2. The van der Waals surface area contributed by atoms with Crippen LogP contribution in [0.25, 0.3) is 11.1 Å². The molecule has 0 saturated heterocycles. The lowest BCUT2D eigenvalue weighted by molar-refractivity contribution is -0.148. The highest BCUT2D eigenvalue weighted by Gasteiger charge is 2.48. The zero-order chi connectivity index (χ0) is 36.9. The zero-order valence-electron chi connectivity index (χ0n) is 29.0. The van der Waals surface area contributed by atoms with Crippen LogP contribution in [0.15, 0.2) is 69.8 Å². The Kier molecular flexibility index (Phi) is 9.82. The third-order valence-corrected chi connectivity index (χ3v) is 11.7. The van der Waals surface area contributed by atoms with Crippen LogP contribution >= 0.6 is 0 Å². The maximum absolute atomic E-state index is 13.1. The molecule has 0 unspecified atom stereocenters. The number of aliphatic hydroxyl groups is 1. The Morgan fingerprint density at radius 1 is 0.660 bits per heavy atom. The lowest BCUT2D eigenvalue weighted by Crippen LogP contribution is -2.22. The SMILES string of the molecule is CC1(C)OC(=O)C(OCC2(CF)CC2)=C1c1ccc(S(C)(=O)=O)cc1.CC1(C)OC(=O)C(OCC2(CO)CC2)=C1c1ccc(S(C)(=O)=O)cc1. The van der Waals surface area contributed by atoms with Crippen molar-refractivity contribution in [2.75, 3.05) is 39.0 Å². The van der Waals surface area contributed by atoms with Crippen molar-refractivity contribution in [2.45, 2.75) is 74.4 Å². The summed E-state index contributed by atoms with van der Waals surface area (Å²) in [7, 11) is -6.60. The third kappa shape index (κ3) is 7.92. The number of esters is 2. The maximum atomic E-state index is 13.1. The summed E-state index contributed by atoms with van der Waals surface area (Å²) in [5, 5.41) is 9.42. The lowest BCUT2D eigenvalue weighted by atomic mass is 9.92. The van der Waals surface area contributed by atoms with Gasteiger partial charge < -0.3 is 24.1 Å². The van der Waals surface area contributed by atoms with E-state index in [1.807, 2.05) is 0 Å². The zero-order valence-corrected chi connectivity index (χ0v) is 30.6. The van der Waals surface area contributed by atoms with E-state index in [2.05, 4.69) is 0 Å². The number of hydrogen-bond acceptors (Lipinski definition) is 11. The average molecular weight is 735 g/mol. The minimum Gasteiger partial charge on any atom is -0.486 e. The van der Waals surface area contributed by atoms with E-state index in [1.54, 1.807) is 52.0 Å². The van der Waals surface area contributed by atoms with Crippen molar-refractivity contribution in [1.82, 2.24) is 0 Å². The molecule has 2 fully saturated rings. The van der Waals surface area contributed by atoms with Gasteiger partial charge in [-0.25, -0.2) is 26.4 Å². The molecule has 11 nitrogen and oxygen atoms in total. The third-order valence-electron chi connectivity index (χ3n) is 9.45. The van der Waals surface area contributed by atoms with Crippen LogP contribution in [-0.2, 0) is 48.2 Å². The summed E-state index contributed by atoms with van der Waals surface area (Å²) in [6.07, 6.45) is 5.50. The topological polar surface area (TPSA) is 160 Å². The smallest absolute Gasteiger partial charge is 0.374 e. The van der Waals surface area contributed by atoms with Crippen LogP contribution < -0.4 is 0 Å². The number of aliphatic hydroxyl groups excluding tert-OH is 1. The first kappa shape index (κ1) is 37.5. The predicted molar refractivity (Wildman–Crippen MR) is 182 cm³/mol. The maximum Gasteiger partial charge on any atom is 0.374 e. The molecule has 14 heteroatoms. The van der Waals surface area contributed by atoms with Gasteiger partial charge in [0.15, 0.2) is 19.7 Å². The van der Waals surface area contributed by atoms with Crippen molar-refractivity contribution in [2.24, 2.45) is 10.8 Å². The van der Waals surface area contributed by atoms with E-state index in [-0.39, 0.29) is 46.5 Å². The van der Waals surface area contributed by atoms with E-state index >= 15 is 0 Å². The molecule has 6 rings (SSSR count). The second-order valence-electron chi connectivity index (χ2n) is 14.7. The van der Waals surface area contributed by atoms with Crippen molar-refractivity contribution in [1.29, 1.82) is 0 Å². The van der Waals surface area contributed by atoms with Gasteiger partial charge in [0.05, 0.1) is 47.4 Å². The Bertz CT molecular complexity index is 1810. The van der Waals surface area contributed by atoms with Crippen LogP contribution in [0.2, 0.25) is 0 Å².